The van der Waals surface area contributed by atoms with Crippen molar-refractivity contribution in [3.05, 3.63) is 29.6 Å². The first-order valence-corrected chi connectivity index (χ1v) is 7.18. The first kappa shape index (κ1) is 13.9. The van der Waals surface area contributed by atoms with Gasteiger partial charge in [0.05, 0.1) is 11.1 Å². The third-order valence-corrected chi connectivity index (χ3v) is 3.68. The number of fused-ring (bicyclic) bond motifs is 1. The van der Waals surface area contributed by atoms with E-state index in [4.69, 9.17) is 16.9 Å². The summed E-state index contributed by atoms with van der Waals surface area (Å²) in [6.45, 7) is 5.34. The highest BCUT2D eigenvalue weighted by Gasteiger charge is 2.14. The summed E-state index contributed by atoms with van der Waals surface area (Å²) in [6, 6.07) is 7.97. The number of para-hydroxylation sites is 1. The lowest BCUT2D eigenvalue weighted by Gasteiger charge is -2.13. The van der Waals surface area contributed by atoms with Gasteiger partial charge in [0.1, 0.15) is 17.4 Å². The van der Waals surface area contributed by atoms with Gasteiger partial charge in [-0.3, -0.25) is 0 Å². The van der Waals surface area contributed by atoms with Gasteiger partial charge in [0.25, 0.3) is 0 Å². The van der Waals surface area contributed by atoms with Crippen molar-refractivity contribution in [2.75, 3.05) is 5.88 Å². The molecule has 3 nitrogen and oxygen atoms in total. The highest BCUT2D eigenvalue weighted by molar-refractivity contribution is 6.17. The molecule has 0 saturated heterocycles. The van der Waals surface area contributed by atoms with Crippen molar-refractivity contribution in [1.29, 1.82) is 5.26 Å². The van der Waals surface area contributed by atoms with Gasteiger partial charge in [0, 0.05) is 18.8 Å². The van der Waals surface area contributed by atoms with Crippen LogP contribution in [0.2, 0.25) is 0 Å². The molecule has 2 rings (SSSR count). The Kier molecular flexibility index (Phi) is 4.44. The van der Waals surface area contributed by atoms with Gasteiger partial charge >= 0.3 is 0 Å². The summed E-state index contributed by atoms with van der Waals surface area (Å²) in [5.41, 5.74) is 2.48. The van der Waals surface area contributed by atoms with Crippen LogP contribution >= 0.6 is 11.6 Å². The van der Waals surface area contributed by atoms with E-state index in [-0.39, 0.29) is 0 Å². The molecule has 0 bridgehead atoms. The highest BCUT2D eigenvalue weighted by Crippen LogP contribution is 2.22. The molecule has 0 spiro atoms. The summed E-state index contributed by atoms with van der Waals surface area (Å²) in [5, 5.41) is 9.17. The number of benzene rings is 1. The van der Waals surface area contributed by atoms with Crippen LogP contribution in [0.3, 0.4) is 0 Å². The maximum Gasteiger partial charge on any atom is 0.111 e. The number of alkyl halides is 1. The molecule has 1 aromatic heterocycles. The second-order valence-corrected chi connectivity index (χ2v) is 5.25. The lowest BCUT2D eigenvalue weighted by atomic mass is 10.1. The van der Waals surface area contributed by atoms with Gasteiger partial charge in [-0.25, -0.2) is 4.98 Å². The van der Waals surface area contributed by atoms with Crippen molar-refractivity contribution in [2.24, 2.45) is 5.92 Å². The summed E-state index contributed by atoms with van der Waals surface area (Å²) < 4.78 is 2.22. The van der Waals surface area contributed by atoms with E-state index in [0.29, 0.717) is 17.4 Å². The molecule has 1 heterocycles. The third-order valence-electron chi connectivity index (χ3n) is 3.49. The zero-order valence-electron chi connectivity index (χ0n) is 11.4. The largest absolute Gasteiger partial charge is 0.328 e. The van der Waals surface area contributed by atoms with E-state index in [0.717, 1.165) is 36.2 Å². The van der Waals surface area contributed by atoms with Crippen molar-refractivity contribution >= 4 is 22.6 Å². The van der Waals surface area contributed by atoms with E-state index in [1.54, 1.807) is 0 Å². The summed E-state index contributed by atoms with van der Waals surface area (Å²) in [4.78, 5) is 4.62. The molecule has 0 aliphatic heterocycles. The zero-order valence-corrected chi connectivity index (χ0v) is 12.1. The Balaban J connectivity index is 2.57. The fourth-order valence-corrected chi connectivity index (χ4v) is 2.37. The lowest BCUT2D eigenvalue weighted by Crippen LogP contribution is -2.10. The Morgan fingerprint density at radius 3 is 2.89 bits per heavy atom. The van der Waals surface area contributed by atoms with Crippen molar-refractivity contribution in [3.8, 4) is 6.07 Å². The topological polar surface area (TPSA) is 41.6 Å². The number of nitriles is 1. The quantitative estimate of drug-likeness (QED) is 0.780. The number of hydrogen-bond donors (Lipinski definition) is 0. The number of rotatable bonds is 5. The van der Waals surface area contributed by atoms with Crippen molar-refractivity contribution in [2.45, 2.75) is 33.2 Å². The number of aromatic nitrogens is 2. The standard InChI is InChI=1S/C15H18ClN3/c1-3-11(2)10-19-13-6-4-5-12(9-17)15(13)18-14(19)7-8-16/h4-6,11H,3,7-8,10H2,1-2H3. The van der Waals surface area contributed by atoms with Gasteiger partial charge in [-0.1, -0.05) is 26.3 Å². The molecule has 0 N–H and O–H groups in total. The van der Waals surface area contributed by atoms with Crippen LogP contribution in [-0.4, -0.2) is 15.4 Å². The fourth-order valence-electron chi connectivity index (χ4n) is 2.21. The third kappa shape index (κ3) is 2.74. The van der Waals surface area contributed by atoms with Crippen molar-refractivity contribution in [1.82, 2.24) is 9.55 Å². The van der Waals surface area contributed by atoms with Crippen LogP contribution in [0.1, 0.15) is 31.7 Å². The second-order valence-electron chi connectivity index (χ2n) is 4.88. The Morgan fingerprint density at radius 2 is 2.26 bits per heavy atom. The number of imidazole rings is 1. The van der Waals surface area contributed by atoms with Gasteiger partial charge < -0.3 is 4.57 Å². The minimum Gasteiger partial charge on any atom is -0.328 e. The van der Waals surface area contributed by atoms with E-state index in [2.05, 4.69) is 29.5 Å². The fraction of sp³-hybridized carbons (Fsp3) is 0.467. The van der Waals surface area contributed by atoms with Crippen LogP contribution in [0, 0.1) is 17.2 Å². The molecule has 19 heavy (non-hydrogen) atoms. The lowest BCUT2D eigenvalue weighted by molar-refractivity contribution is 0.466. The maximum atomic E-state index is 9.17. The smallest absolute Gasteiger partial charge is 0.111 e. The Morgan fingerprint density at radius 1 is 1.47 bits per heavy atom. The second kappa shape index (κ2) is 6.08. The van der Waals surface area contributed by atoms with Crippen LogP contribution in [0.15, 0.2) is 18.2 Å². The molecular formula is C15H18ClN3. The molecule has 100 valence electrons. The predicted octanol–water partition coefficient (Wildman–Crippen LogP) is 3.74. The average molecular weight is 276 g/mol. The molecule has 1 aromatic carbocycles. The van der Waals surface area contributed by atoms with Crippen LogP contribution in [0.4, 0.5) is 0 Å². The Labute approximate surface area is 118 Å². The van der Waals surface area contributed by atoms with Crippen molar-refractivity contribution in [3.63, 3.8) is 0 Å². The molecule has 1 unspecified atom stereocenters. The minimum atomic E-state index is 0.547. The highest BCUT2D eigenvalue weighted by atomic mass is 35.5. The van der Waals surface area contributed by atoms with E-state index in [1.807, 2.05) is 18.2 Å². The molecule has 0 radical (unpaired) electrons. The SMILES string of the molecule is CCC(C)Cn1c(CCCl)nc2c(C#N)cccc21. The van der Waals surface area contributed by atoms with E-state index >= 15 is 0 Å². The minimum absolute atomic E-state index is 0.547. The van der Waals surface area contributed by atoms with E-state index in [9.17, 15) is 0 Å². The van der Waals surface area contributed by atoms with Crippen molar-refractivity contribution < 1.29 is 0 Å². The molecule has 0 amide bonds. The van der Waals surface area contributed by atoms with Crippen LogP contribution in [-0.2, 0) is 13.0 Å². The van der Waals surface area contributed by atoms with E-state index < -0.39 is 0 Å². The summed E-state index contributed by atoms with van der Waals surface area (Å²) in [6.07, 6.45) is 1.86. The van der Waals surface area contributed by atoms with Gasteiger partial charge in [-0.2, -0.15) is 5.26 Å². The van der Waals surface area contributed by atoms with Gasteiger partial charge in [0.2, 0.25) is 0 Å². The summed E-state index contributed by atoms with van der Waals surface area (Å²) >= 11 is 5.86. The first-order chi connectivity index (χ1) is 9.21. The normalized spacial score (nSPS) is 12.5. The molecule has 0 aliphatic rings. The average Bonchev–Trinajstić information content (AvgIpc) is 2.77. The molecule has 0 aliphatic carbocycles. The number of hydrogen-bond acceptors (Lipinski definition) is 2. The predicted molar refractivity (Wildman–Crippen MR) is 78.3 cm³/mol. The molecule has 2 aromatic rings. The first-order valence-electron chi connectivity index (χ1n) is 6.65. The zero-order chi connectivity index (χ0) is 13.8. The number of nitrogens with zero attached hydrogens (tertiary/aromatic N) is 3. The molecule has 0 saturated carbocycles. The van der Waals surface area contributed by atoms with Gasteiger partial charge in [-0.15, -0.1) is 11.6 Å². The van der Waals surface area contributed by atoms with Crippen LogP contribution in [0.25, 0.3) is 11.0 Å². The molecule has 1 atom stereocenters. The molecular weight excluding hydrogens is 258 g/mol. The maximum absolute atomic E-state index is 9.17. The molecule has 4 heteroatoms. The Bertz CT molecular complexity index is 610. The van der Waals surface area contributed by atoms with Gasteiger partial charge in [-0.05, 0) is 18.1 Å². The molecule has 0 fully saturated rings. The van der Waals surface area contributed by atoms with Crippen LogP contribution in [0.5, 0.6) is 0 Å². The number of halogens is 1. The van der Waals surface area contributed by atoms with E-state index in [1.165, 1.54) is 0 Å². The van der Waals surface area contributed by atoms with Gasteiger partial charge in [0.15, 0.2) is 0 Å². The number of aryl methyl sites for hydroxylation is 1. The summed E-state index contributed by atoms with van der Waals surface area (Å²) in [5.74, 6) is 2.11. The summed E-state index contributed by atoms with van der Waals surface area (Å²) in [7, 11) is 0. The van der Waals surface area contributed by atoms with Crippen LogP contribution < -0.4 is 0 Å². The monoisotopic (exact) mass is 275 g/mol. The Hall–Kier alpha value is -1.53.